The van der Waals surface area contributed by atoms with E-state index in [4.69, 9.17) is 11.6 Å². The van der Waals surface area contributed by atoms with Crippen LogP contribution in [-0.4, -0.2) is 40.5 Å². The van der Waals surface area contributed by atoms with Crippen LogP contribution in [0.1, 0.15) is 0 Å². The van der Waals surface area contributed by atoms with Gasteiger partial charge >= 0.3 is 5.97 Å². The van der Waals surface area contributed by atoms with Crippen LogP contribution in [0.15, 0.2) is 34.2 Å². The molecule has 0 saturated heterocycles. The number of halogens is 2. The number of hydrogen-bond acceptors (Lipinski definition) is 5. The fourth-order valence-corrected chi connectivity index (χ4v) is 3.01. The van der Waals surface area contributed by atoms with Crippen molar-refractivity contribution in [2.45, 2.75) is 4.90 Å². The van der Waals surface area contributed by atoms with Gasteiger partial charge < -0.3 is 9.64 Å². The predicted molar refractivity (Wildman–Crippen MR) is 72.4 cm³/mol. The van der Waals surface area contributed by atoms with Crippen molar-refractivity contribution in [1.29, 1.82) is 0 Å². The SMILES string of the molecule is COC(=O)C(=CN(C)C)S(=O)(=O)c1ccc(F)c(Cl)c1. The van der Waals surface area contributed by atoms with Gasteiger partial charge in [-0.3, -0.25) is 0 Å². The molecule has 110 valence electrons. The van der Waals surface area contributed by atoms with Crippen molar-refractivity contribution in [2.24, 2.45) is 0 Å². The van der Waals surface area contributed by atoms with Gasteiger partial charge in [0.1, 0.15) is 5.82 Å². The molecule has 1 rings (SSSR count). The standard InChI is InChI=1S/C12H13ClFNO4S/c1-15(2)7-11(12(16)19-3)20(17,18)8-4-5-10(14)9(13)6-8/h4-7H,1-3H3. The second kappa shape index (κ2) is 6.23. The zero-order chi connectivity index (χ0) is 15.5. The van der Waals surface area contributed by atoms with Crippen LogP contribution >= 0.6 is 11.6 Å². The van der Waals surface area contributed by atoms with Gasteiger partial charge in [0.15, 0.2) is 4.91 Å². The molecule has 5 nitrogen and oxygen atoms in total. The molecule has 0 bridgehead atoms. The first-order valence-electron chi connectivity index (χ1n) is 5.37. The number of esters is 1. The van der Waals surface area contributed by atoms with E-state index in [-0.39, 0.29) is 9.92 Å². The molecule has 0 N–H and O–H groups in total. The topological polar surface area (TPSA) is 63.7 Å². The van der Waals surface area contributed by atoms with Crippen molar-refractivity contribution in [1.82, 2.24) is 4.90 Å². The smallest absolute Gasteiger partial charge is 0.351 e. The Morgan fingerprint density at radius 3 is 2.45 bits per heavy atom. The number of benzene rings is 1. The number of ether oxygens (including phenoxy) is 1. The third-order valence-electron chi connectivity index (χ3n) is 2.25. The lowest BCUT2D eigenvalue weighted by molar-refractivity contribution is -0.135. The molecule has 0 heterocycles. The number of rotatable bonds is 4. The van der Waals surface area contributed by atoms with Gasteiger partial charge in [0.05, 0.1) is 17.0 Å². The summed E-state index contributed by atoms with van der Waals surface area (Å²) in [6.07, 6.45) is 1.11. The van der Waals surface area contributed by atoms with Crippen LogP contribution in [0.25, 0.3) is 0 Å². The molecular formula is C12H13ClFNO4S. The van der Waals surface area contributed by atoms with Gasteiger partial charge in [-0.05, 0) is 18.2 Å². The normalized spacial score (nSPS) is 12.2. The van der Waals surface area contributed by atoms with Gasteiger partial charge in [0.25, 0.3) is 0 Å². The second-order valence-corrected chi connectivity index (χ2v) is 6.35. The highest BCUT2D eigenvalue weighted by Gasteiger charge is 2.29. The monoisotopic (exact) mass is 321 g/mol. The summed E-state index contributed by atoms with van der Waals surface area (Å²) in [5, 5.41) is -0.347. The lowest BCUT2D eigenvalue weighted by atomic mass is 10.3. The van der Waals surface area contributed by atoms with Crippen LogP contribution in [0.5, 0.6) is 0 Å². The van der Waals surface area contributed by atoms with Gasteiger partial charge in [-0.1, -0.05) is 11.6 Å². The molecule has 0 unspecified atom stereocenters. The first kappa shape index (κ1) is 16.5. The highest BCUT2D eigenvalue weighted by Crippen LogP contribution is 2.25. The Bertz CT molecular complexity index is 655. The summed E-state index contributed by atoms with van der Waals surface area (Å²) in [5.41, 5.74) is 0. The highest BCUT2D eigenvalue weighted by atomic mass is 35.5. The largest absolute Gasteiger partial charge is 0.465 e. The van der Waals surface area contributed by atoms with E-state index >= 15 is 0 Å². The van der Waals surface area contributed by atoms with Crippen molar-refractivity contribution >= 4 is 27.4 Å². The van der Waals surface area contributed by atoms with E-state index < -0.39 is 26.5 Å². The van der Waals surface area contributed by atoms with E-state index in [0.29, 0.717) is 0 Å². The van der Waals surface area contributed by atoms with Gasteiger partial charge in [-0.2, -0.15) is 0 Å². The molecule has 0 aliphatic heterocycles. The summed E-state index contributed by atoms with van der Waals surface area (Å²) in [6.45, 7) is 0. The van der Waals surface area contributed by atoms with Crippen LogP contribution < -0.4 is 0 Å². The zero-order valence-corrected chi connectivity index (χ0v) is 12.6. The van der Waals surface area contributed by atoms with Crippen LogP contribution in [0, 0.1) is 5.82 Å². The molecule has 0 spiro atoms. The summed E-state index contributed by atoms with van der Waals surface area (Å²) >= 11 is 5.56. The summed E-state index contributed by atoms with van der Waals surface area (Å²) in [4.78, 5) is 12.1. The second-order valence-electron chi connectivity index (χ2n) is 4.03. The first-order valence-corrected chi connectivity index (χ1v) is 7.23. The van der Waals surface area contributed by atoms with Gasteiger partial charge in [-0.25, -0.2) is 17.6 Å². The average molecular weight is 322 g/mol. The van der Waals surface area contributed by atoms with E-state index in [1.165, 1.54) is 4.90 Å². The molecule has 0 radical (unpaired) electrons. The van der Waals surface area contributed by atoms with Gasteiger partial charge in [0, 0.05) is 20.3 Å². The molecule has 0 atom stereocenters. The minimum atomic E-state index is -4.15. The minimum absolute atomic E-state index is 0.289. The van der Waals surface area contributed by atoms with Crippen LogP contribution in [0.3, 0.4) is 0 Å². The van der Waals surface area contributed by atoms with E-state index in [2.05, 4.69) is 4.74 Å². The Kier molecular flexibility index (Phi) is 5.13. The quantitative estimate of drug-likeness (QED) is 0.481. The summed E-state index contributed by atoms with van der Waals surface area (Å²) in [7, 11) is 0.0189. The average Bonchev–Trinajstić information content (AvgIpc) is 2.37. The highest BCUT2D eigenvalue weighted by molar-refractivity contribution is 7.96. The van der Waals surface area contributed by atoms with E-state index in [1.54, 1.807) is 14.1 Å². The Labute approximate surface area is 121 Å². The van der Waals surface area contributed by atoms with Gasteiger partial charge in [0.2, 0.25) is 9.84 Å². The number of sulfone groups is 1. The summed E-state index contributed by atoms with van der Waals surface area (Å²) in [6, 6.07) is 2.89. The molecule has 0 aliphatic rings. The summed E-state index contributed by atoms with van der Waals surface area (Å²) in [5.74, 6) is -1.76. The molecule has 0 aromatic heterocycles. The molecule has 1 aromatic rings. The minimum Gasteiger partial charge on any atom is -0.465 e. The first-order chi connectivity index (χ1) is 9.20. The predicted octanol–water partition coefficient (Wildman–Crippen LogP) is 1.83. The maximum absolute atomic E-state index is 13.1. The third-order valence-corrected chi connectivity index (χ3v) is 4.27. The van der Waals surface area contributed by atoms with Crippen LogP contribution in [0.2, 0.25) is 5.02 Å². The van der Waals surface area contributed by atoms with Crippen LogP contribution in [-0.2, 0) is 19.4 Å². The fourth-order valence-electron chi connectivity index (χ4n) is 1.34. The number of nitrogens with zero attached hydrogens (tertiary/aromatic N) is 1. The molecule has 20 heavy (non-hydrogen) atoms. The maximum Gasteiger partial charge on any atom is 0.351 e. The van der Waals surface area contributed by atoms with E-state index in [9.17, 15) is 17.6 Å². The molecule has 0 fully saturated rings. The molecule has 0 amide bonds. The Morgan fingerprint density at radius 1 is 1.40 bits per heavy atom. The van der Waals surface area contributed by atoms with Crippen molar-refractivity contribution < 1.29 is 22.3 Å². The van der Waals surface area contributed by atoms with Crippen LogP contribution in [0.4, 0.5) is 4.39 Å². The fraction of sp³-hybridized carbons (Fsp3) is 0.250. The zero-order valence-electron chi connectivity index (χ0n) is 11.1. The van der Waals surface area contributed by atoms with Crippen molar-refractivity contribution in [2.75, 3.05) is 21.2 Å². The van der Waals surface area contributed by atoms with Crippen molar-refractivity contribution in [3.05, 3.63) is 40.1 Å². The van der Waals surface area contributed by atoms with Gasteiger partial charge in [-0.15, -0.1) is 0 Å². The summed E-state index contributed by atoms with van der Waals surface area (Å²) < 4.78 is 42.2. The molecule has 8 heteroatoms. The molecule has 0 saturated carbocycles. The van der Waals surface area contributed by atoms with E-state index in [1.807, 2.05) is 0 Å². The Balaban J connectivity index is 3.44. The number of methoxy groups -OCH3 is 1. The molecule has 0 aliphatic carbocycles. The van der Waals surface area contributed by atoms with Crippen molar-refractivity contribution in [3.63, 3.8) is 0 Å². The van der Waals surface area contributed by atoms with Crippen molar-refractivity contribution in [3.8, 4) is 0 Å². The third kappa shape index (κ3) is 3.49. The lowest BCUT2D eigenvalue weighted by Gasteiger charge is -2.11. The lowest BCUT2D eigenvalue weighted by Crippen LogP contribution is -2.18. The maximum atomic E-state index is 13.1. The number of hydrogen-bond donors (Lipinski definition) is 0. The number of carbonyl (C=O) groups excluding carboxylic acids is 1. The molecular weight excluding hydrogens is 309 g/mol. The molecule has 1 aromatic carbocycles. The Morgan fingerprint density at radius 2 is 2.00 bits per heavy atom. The van der Waals surface area contributed by atoms with E-state index in [0.717, 1.165) is 31.5 Å². The number of carbonyl (C=O) groups is 1. The Hall–Kier alpha value is -1.60.